The minimum atomic E-state index is -0.839. The van der Waals surface area contributed by atoms with Crippen molar-refractivity contribution in [3.8, 4) is 0 Å². The lowest BCUT2D eigenvalue weighted by atomic mass is 9.83. The van der Waals surface area contributed by atoms with Crippen LogP contribution < -0.4 is 5.32 Å². The molecule has 3 unspecified atom stereocenters. The summed E-state index contributed by atoms with van der Waals surface area (Å²) in [4.78, 5) is 25.3. The molecule has 3 atom stereocenters. The summed E-state index contributed by atoms with van der Waals surface area (Å²) >= 11 is 0. The molecule has 5 nitrogen and oxygen atoms in total. The van der Waals surface area contributed by atoms with Crippen molar-refractivity contribution >= 4 is 12.0 Å². The maximum absolute atomic E-state index is 12.2. The highest BCUT2D eigenvalue weighted by atomic mass is 16.4. The molecule has 1 aliphatic heterocycles. The second-order valence-electron chi connectivity index (χ2n) is 6.61. The first-order valence-corrected chi connectivity index (χ1v) is 7.94. The van der Waals surface area contributed by atoms with Crippen LogP contribution in [0.3, 0.4) is 0 Å². The van der Waals surface area contributed by atoms with Gasteiger partial charge in [-0.3, -0.25) is 0 Å². The molecule has 2 N–H and O–H groups in total. The third-order valence-corrected chi connectivity index (χ3v) is 5.46. The van der Waals surface area contributed by atoms with Gasteiger partial charge in [0, 0.05) is 13.1 Å². The maximum atomic E-state index is 12.2. The minimum absolute atomic E-state index is 0.171. The first-order valence-electron chi connectivity index (χ1n) is 7.94. The van der Waals surface area contributed by atoms with Gasteiger partial charge in [-0.2, -0.15) is 0 Å². The van der Waals surface area contributed by atoms with Crippen molar-refractivity contribution < 1.29 is 14.7 Å². The van der Waals surface area contributed by atoms with Crippen LogP contribution in [0.25, 0.3) is 0 Å². The number of urea groups is 1. The van der Waals surface area contributed by atoms with Crippen LogP contribution in [0.1, 0.15) is 44.9 Å². The van der Waals surface area contributed by atoms with Gasteiger partial charge < -0.3 is 15.3 Å². The number of nitrogens with zero attached hydrogens (tertiary/aromatic N) is 1. The number of likely N-dealkylation sites (tertiary alicyclic amines) is 1. The second-order valence-corrected chi connectivity index (χ2v) is 6.61. The standard InChI is InChI=1S/C15H24N2O3/c18-14(19)13-12-6-2-5-11(12)9-17(13)15(20)16-8-7-10-3-1-4-10/h10-13H,1-9H2,(H,16,20)(H,18,19). The Balaban J connectivity index is 1.54. The fraction of sp³-hybridized carbons (Fsp3) is 0.867. The van der Waals surface area contributed by atoms with E-state index in [2.05, 4.69) is 5.32 Å². The van der Waals surface area contributed by atoms with Crippen molar-refractivity contribution in [1.29, 1.82) is 0 Å². The third kappa shape index (κ3) is 2.50. The summed E-state index contributed by atoms with van der Waals surface area (Å²) in [6.45, 7) is 1.30. The number of carboxylic acids is 1. The van der Waals surface area contributed by atoms with Gasteiger partial charge in [-0.05, 0) is 37.0 Å². The van der Waals surface area contributed by atoms with Crippen LogP contribution in [-0.4, -0.2) is 41.1 Å². The lowest BCUT2D eigenvalue weighted by Gasteiger charge is -2.27. The summed E-state index contributed by atoms with van der Waals surface area (Å²) < 4.78 is 0. The number of carboxylic acid groups (broad SMARTS) is 1. The van der Waals surface area contributed by atoms with E-state index >= 15 is 0 Å². The van der Waals surface area contributed by atoms with Gasteiger partial charge in [0.1, 0.15) is 6.04 Å². The molecule has 0 radical (unpaired) electrons. The molecule has 2 aliphatic carbocycles. The topological polar surface area (TPSA) is 69.6 Å². The Morgan fingerprint density at radius 2 is 1.90 bits per heavy atom. The van der Waals surface area contributed by atoms with Crippen molar-refractivity contribution in [3.05, 3.63) is 0 Å². The van der Waals surface area contributed by atoms with Gasteiger partial charge >= 0.3 is 12.0 Å². The highest BCUT2D eigenvalue weighted by Gasteiger charge is 2.49. The molecular weight excluding hydrogens is 256 g/mol. The summed E-state index contributed by atoms with van der Waals surface area (Å²) in [6, 6.07) is -0.780. The zero-order valence-corrected chi connectivity index (χ0v) is 11.9. The fourth-order valence-electron chi connectivity index (χ4n) is 4.10. The number of amides is 2. The molecule has 20 heavy (non-hydrogen) atoms. The third-order valence-electron chi connectivity index (χ3n) is 5.46. The van der Waals surface area contributed by atoms with E-state index in [9.17, 15) is 14.7 Å². The van der Waals surface area contributed by atoms with E-state index in [1.807, 2.05) is 0 Å². The Morgan fingerprint density at radius 1 is 1.15 bits per heavy atom. The number of hydrogen-bond donors (Lipinski definition) is 2. The van der Waals surface area contributed by atoms with Gasteiger partial charge in [-0.25, -0.2) is 9.59 Å². The smallest absolute Gasteiger partial charge is 0.326 e. The van der Waals surface area contributed by atoms with Gasteiger partial charge in [0.05, 0.1) is 0 Å². The predicted molar refractivity (Wildman–Crippen MR) is 74.3 cm³/mol. The number of rotatable bonds is 4. The number of fused-ring (bicyclic) bond motifs is 1. The van der Waals surface area contributed by atoms with E-state index < -0.39 is 12.0 Å². The summed E-state index contributed by atoms with van der Waals surface area (Å²) in [7, 11) is 0. The monoisotopic (exact) mass is 280 g/mol. The van der Waals surface area contributed by atoms with Gasteiger partial charge in [0.25, 0.3) is 0 Å². The first-order chi connectivity index (χ1) is 9.66. The van der Waals surface area contributed by atoms with Crippen LogP contribution in [0.4, 0.5) is 4.79 Å². The molecule has 2 amide bonds. The lowest BCUT2D eigenvalue weighted by Crippen LogP contribution is -2.48. The minimum Gasteiger partial charge on any atom is -0.480 e. The van der Waals surface area contributed by atoms with E-state index in [-0.39, 0.29) is 11.9 Å². The number of carbonyl (C=O) groups excluding carboxylic acids is 1. The predicted octanol–water partition coefficient (Wildman–Crippen LogP) is 2.07. The van der Waals surface area contributed by atoms with Gasteiger partial charge in [-0.1, -0.05) is 25.7 Å². The zero-order valence-electron chi connectivity index (χ0n) is 11.9. The highest BCUT2D eigenvalue weighted by molar-refractivity contribution is 5.83. The SMILES string of the molecule is O=C(O)C1C2CCCC2CN1C(=O)NCCC1CCC1. The Morgan fingerprint density at radius 3 is 2.55 bits per heavy atom. The summed E-state index contributed by atoms with van der Waals surface area (Å²) in [5, 5.41) is 12.3. The van der Waals surface area contributed by atoms with Crippen molar-refractivity contribution in [2.45, 2.75) is 51.0 Å². The quantitative estimate of drug-likeness (QED) is 0.828. The molecule has 1 heterocycles. The normalized spacial score (nSPS) is 32.8. The number of carbonyl (C=O) groups is 2. The van der Waals surface area contributed by atoms with Crippen LogP contribution >= 0.6 is 0 Å². The molecular formula is C15H24N2O3. The van der Waals surface area contributed by atoms with Gasteiger partial charge in [0.15, 0.2) is 0 Å². The van der Waals surface area contributed by atoms with Gasteiger partial charge in [-0.15, -0.1) is 0 Å². The lowest BCUT2D eigenvalue weighted by molar-refractivity contribution is -0.142. The van der Waals surface area contributed by atoms with Crippen molar-refractivity contribution in [1.82, 2.24) is 10.2 Å². The maximum Gasteiger partial charge on any atom is 0.326 e. The van der Waals surface area contributed by atoms with Gasteiger partial charge in [0.2, 0.25) is 0 Å². The Bertz CT molecular complexity index is 395. The van der Waals surface area contributed by atoms with E-state index in [0.29, 0.717) is 19.0 Å². The Hall–Kier alpha value is -1.26. The second kappa shape index (κ2) is 5.62. The molecule has 3 rings (SSSR count). The van der Waals surface area contributed by atoms with E-state index in [1.54, 1.807) is 4.90 Å². The Labute approximate surface area is 119 Å². The van der Waals surface area contributed by atoms with E-state index in [1.165, 1.54) is 19.3 Å². The van der Waals surface area contributed by atoms with E-state index in [4.69, 9.17) is 0 Å². The molecule has 1 saturated heterocycles. The fourth-order valence-corrected chi connectivity index (χ4v) is 4.10. The van der Waals surface area contributed by atoms with Crippen LogP contribution in [0, 0.1) is 17.8 Å². The molecule has 0 spiro atoms. The van der Waals surface area contributed by atoms with Crippen molar-refractivity contribution in [3.63, 3.8) is 0 Å². The number of aliphatic carboxylic acids is 1. The van der Waals surface area contributed by atoms with Crippen LogP contribution in [0.15, 0.2) is 0 Å². The van der Waals surface area contributed by atoms with Crippen LogP contribution in [0.2, 0.25) is 0 Å². The first kappa shape index (κ1) is 13.7. The zero-order chi connectivity index (χ0) is 14.1. The molecule has 2 saturated carbocycles. The summed E-state index contributed by atoms with van der Waals surface area (Å²) in [5.74, 6) is 0.496. The molecule has 0 aromatic rings. The van der Waals surface area contributed by atoms with Crippen LogP contribution in [-0.2, 0) is 4.79 Å². The molecule has 0 bridgehead atoms. The highest BCUT2D eigenvalue weighted by Crippen LogP contribution is 2.42. The molecule has 3 aliphatic rings. The summed E-state index contributed by atoms with van der Waals surface area (Å²) in [5.41, 5.74) is 0. The molecule has 5 heteroatoms. The number of nitrogens with one attached hydrogen (secondary N) is 1. The molecule has 112 valence electrons. The average molecular weight is 280 g/mol. The van der Waals surface area contributed by atoms with Crippen molar-refractivity contribution in [2.24, 2.45) is 17.8 Å². The number of hydrogen-bond acceptors (Lipinski definition) is 2. The molecule has 0 aromatic heterocycles. The summed E-state index contributed by atoms with van der Waals surface area (Å²) in [6.07, 6.45) is 8.03. The molecule has 3 fully saturated rings. The van der Waals surface area contributed by atoms with Crippen LogP contribution in [0.5, 0.6) is 0 Å². The van der Waals surface area contributed by atoms with E-state index in [0.717, 1.165) is 31.6 Å². The van der Waals surface area contributed by atoms with Crippen molar-refractivity contribution in [2.75, 3.05) is 13.1 Å². The Kier molecular flexibility index (Phi) is 3.85. The molecule has 0 aromatic carbocycles. The largest absolute Gasteiger partial charge is 0.480 e. The average Bonchev–Trinajstić information content (AvgIpc) is 2.90.